The molecular weight excluding hydrogens is 184 g/mol. The van der Waals surface area contributed by atoms with Gasteiger partial charge in [0.25, 0.3) is 0 Å². The molecule has 1 aromatic rings. The van der Waals surface area contributed by atoms with Crippen molar-refractivity contribution in [1.82, 2.24) is 0 Å². The quantitative estimate of drug-likeness (QED) is 0.729. The number of benzene rings is 1. The number of rotatable bonds is 1. The second-order valence-electron chi connectivity index (χ2n) is 3.33. The molecule has 1 atom stereocenters. The third kappa shape index (κ3) is 1.93. The molecule has 2 heteroatoms. The molecule has 1 N–H and O–H groups in total. The monoisotopic (exact) mass is 194 g/mol. The molecule has 2 rings (SSSR count). The Hall–Kier alpha value is -0.790. The van der Waals surface area contributed by atoms with Crippen molar-refractivity contribution in [2.45, 2.75) is 18.9 Å². The Morgan fingerprint density at radius 1 is 1.31 bits per heavy atom. The average molecular weight is 195 g/mol. The number of aliphatic hydroxyl groups excluding tert-OH is 1. The van der Waals surface area contributed by atoms with Crippen LogP contribution in [0.5, 0.6) is 0 Å². The van der Waals surface area contributed by atoms with E-state index < -0.39 is 0 Å². The zero-order chi connectivity index (χ0) is 9.26. The van der Waals surface area contributed by atoms with E-state index in [-0.39, 0.29) is 6.10 Å². The van der Waals surface area contributed by atoms with E-state index in [1.807, 2.05) is 30.3 Å². The van der Waals surface area contributed by atoms with E-state index in [0.717, 1.165) is 29.0 Å². The standard InChI is InChI=1S/C11H11ClO/c12-10-4-1-8(2-5-10)7-9-3-6-11(9)13/h1-2,4-5,7,11,13H,3,6H2. The molecule has 0 saturated heterocycles. The van der Waals surface area contributed by atoms with E-state index >= 15 is 0 Å². The minimum absolute atomic E-state index is 0.212. The lowest BCUT2D eigenvalue weighted by atomic mass is 9.87. The molecule has 1 aromatic carbocycles. The van der Waals surface area contributed by atoms with E-state index in [4.69, 9.17) is 11.6 Å². The Balaban J connectivity index is 2.18. The number of hydrogen-bond acceptors (Lipinski definition) is 1. The third-order valence-electron chi connectivity index (χ3n) is 2.36. The average Bonchev–Trinajstić information content (AvgIpc) is 2.15. The van der Waals surface area contributed by atoms with Crippen LogP contribution >= 0.6 is 11.6 Å². The predicted octanol–water partition coefficient (Wildman–Crippen LogP) is 2.88. The van der Waals surface area contributed by atoms with Crippen LogP contribution in [0.4, 0.5) is 0 Å². The molecule has 0 radical (unpaired) electrons. The van der Waals surface area contributed by atoms with Gasteiger partial charge in [0.15, 0.2) is 0 Å². The van der Waals surface area contributed by atoms with Gasteiger partial charge in [-0.05, 0) is 36.1 Å². The molecule has 1 aliphatic carbocycles. The van der Waals surface area contributed by atoms with Crippen LogP contribution in [0.1, 0.15) is 18.4 Å². The van der Waals surface area contributed by atoms with Crippen LogP contribution in [0, 0.1) is 0 Å². The molecular formula is C11H11ClO. The Bertz CT molecular complexity index is 326. The van der Waals surface area contributed by atoms with Gasteiger partial charge in [-0.25, -0.2) is 0 Å². The zero-order valence-electron chi connectivity index (χ0n) is 7.20. The van der Waals surface area contributed by atoms with Crippen LogP contribution in [0.2, 0.25) is 5.02 Å². The summed E-state index contributed by atoms with van der Waals surface area (Å²) in [5.41, 5.74) is 2.24. The van der Waals surface area contributed by atoms with E-state index in [2.05, 4.69) is 0 Å². The molecule has 1 aliphatic rings. The van der Waals surface area contributed by atoms with Gasteiger partial charge in [0.05, 0.1) is 6.10 Å². The van der Waals surface area contributed by atoms with Crippen LogP contribution < -0.4 is 0 Å². The first-order valence-corrected chi connectivity index (χ1v) is 4.77. The first-order valence-electron chi connectivity index (χ1n) is 4.40. The minimum Gasteiger partial charge on any atom is -0.389 e. The second kappa shape index (κ2) is 3.52. The first-order chi connectivity index (χ1) is 6.25. The number of hydrogen-bond donors (Lipinski definition) is 1. The van der Waals surface area contributed by atoms with Crippen LogP contribution in [0.3, 0.4) is 0 Å². The van der Waals surface area contributed by atoms with Crippen molar-refractivity contribution in [3.05, 3.63) is 40.4 Å². The minimum atomic E-state index is -0.212. The summed E-state index contributed by atoms with van der Waals surface area (Å²) in [4.78, 5) is 0. The molecule has 1 nitrogen and oxygen atoms in total. The lowest BCUT2D eigenvalue weighted by molar-refractivity contribution is 0.158. The normalized spacial score (nSPS) is 24.5. The maximum absolute atomic E-state index is 9.33. The Morgan fingerprint density at radius 3 is 2.46 bits per heavy atom. The maximum atomic E-state index is 9.33. The van der Waals surface area contributed by atoms with Crippen molar-refractivity contribution in [2.75, 3.05) is 0 Å². The summed E-state index contributed by atoms with van der Waals surface area (Å²) in [7, 11) is 0. The van der Waals surface area contributed by atoms with Gasteiger partial charge in [-0.15, -0.1) is 0 Å². The Morgan fingerprint density at radius 2 is 2.00 bits per heavy atom. The van der Waals surface area contributed by atoms with Crippen molar-refractivity contribution in [3.8, 4) is 0 Å². The molecule has 1 fully saturated rings. The van der Waals surface area contributed by atoms with Gasteiger partial charge in [0.1, 0.15) is 0 Å². The molecule has 13 heavy (non-hydrogen) atoms. The summed E-state index contributed by atoms with van der Waals surface area (Å²) in [6.07, 6.45) is 3.74. The smallest absolute Gasteiger partial charge is 0.0756 e. The molecule has 68 valence electrons. The lowest BCUT2D eigenvalue weighted by Gasteiger charge is -2.24. The van der Waals surface area contributed by atoms with Crippen LogP contribution in [-0.2, 0) is 0 Å². The van der Waals surface area contributed by atoms with Gasteiger partial charge in [0, 0.05) is 5.02 Å². The summed E-state index contributed by atoms with van der Waals surface area (Å²) >= 11 is 5.75. The van der Waals surface area contributed by atoms with E-state index in [9.17, 15) is 5.11 Å². The number of halogens is 1. The fourth-order valence-corrected chi connectivity index (χ4v) is 1.51. The summed E-state index contributed by atoms with van der Waals surface area (Å²) in [5, 5.41) is 10.1. The highest BCUT2D eigenvalue weighted by atomic mass is 35.5. The molecule has 1 unspecified atom stereocenters. The van der Waals surface area contributed by atoms with Crippen molar-refractivity contribution >= 4 is 17.7 Å². The van der Waals surface area contributed by atoms with Crippen molar-refractivity contribution in [1.29, 1.82) is 0 Å². The molecule has 0 heterocycles. The SMILES string of the molecule is OC1CCC1=Cc1ccc(Cl)cc1. The second-order valence-corrected chi connectivity index (χ2v) is 3.76. The summed E-state index contributed by atoms with van der Waals surface area (Å²) in [5.74, 6) is 0. The molecule has 0 spiro atoms. The summed E-state index contributed by atoms with van der Waals surface area (Å²) < 4.78 is 0. The molecule has 0 aliphatic heterocycles. The predicted molar refractivity (Wildman–Crippen MR) is 54.7 cm³/mol. The topological polar surface area (TPSA) is 20.2 Å². The third-order valence-corrected chi connectivity index (χ3v) is 2.61. The van der Waals surface area contributed by atoms with Crippen molar-refractivity contribution in [2.24, 2.45) is 0 Å². The van der Waals surface area contributed by atoms with Crippen molar-refractivity contribution in [3.63, 3.8) is 0 Å². The van der Waals surface area contributed by atoms with Gasteiger partial charge in [0.2, 0.25) is 0 Å². The van der Waals surface area contributed by atoms with Gasteiger partial charge < -0.3 is 5.11 Å². The summed E-state index contributed by atoms with van der Waals surface area (Å²) in [6, 6.07) is 7.64. The van der Waals surface area contributed by atoms with Gasteiger partial charge >= 0.3 is 0 Å². The van der Waals surface area contributed by atoms with Gasteiger partial charge in [-0.1, -0.05) is 29.8 Å². The highest BCUT2D eigenvalue weighted by Crippen LogP contribution is 2.28. The van der Waals surface area contributed by atoms with Crippen LogP contribution in [-0.4, -0.2) is 11.2 Å². The fraction of sp³-hybridized carbons (Fsp3) is 0.273. The summed E-state index contributed by atoms with van der Waals surface area (Å²) in [6.45, 7) is 0. The Kier molecular flexibility index (Phi) is 2.38. The van der Waals surface area contributed by atoms with E-state index in [1.54, 1.807) is 0 Å². The van der Waals surface area contributed by atoms with E-state index in [1.165, 1.54) is 0 Å². The molecule has 1 saturated carbocycles. The van der Waals surface area contributed by atoms with Crippen LogP contribution in [0.15, 0.2) is 29.8 Å². The molecule has 0 bridgehead atoms. The molecule has 0 amide bonds. The van der Waals surface area contributed by atoms with E-state index in [0.29, 0.717) is 0 Å². The highest BCUT2D eigenvalue weighted by molar-refractivity contribution is 6.30. The Labute approximate surface area is 82.7 Å². The highest BCUT2D eigenvalue weighted by Gasteiger charge is 2.20. The van der Waals surface area contributed by atoms with Gasteiger partial charge in [-0.3, -0.25) is 0 Å². The zero-order valence-corrected chi connectivity index (χ0v) is 7.96. The van der Waals surface area contributed by atoms with Gasteiger partial charge in [-0.2, -0.15) is 0 Å². The number of aliphatic hydroxyl groups is 1. The first kappa shape index (κ1) is 8.79. The fourth-order valence-electron chi connectivity index (χ4n) is 1.38. The molecule has 0 aromatic heterocycles. The van der Waals surface area contributed by atoms with Crippen molar-refractivity contribution < 1.29 is 5.11 Å². The largest absolute Gasteiger partial charge is 0.389 e. The lowest BCUT2D eigenvalue weighted by Crippen LogP contribution is -2.20. The maximum Gasteiger partial charge on any atom is 0.0756 e. The van der Waals surface area contributed by atoms with Crippen LogP contribution in [0.25, 0.3) is 6.08 Å².